The van der Waals surface area contributed by atoms with Gasteiger partial charge in [-0.25, -0.2) is 4.79 Å². The van der Waals surface area contributed by atoms with Crippen LogP contribution in [0.15, 0.2) is 88.9 Å². The number of carbonyl (C=O) groups excluding carboxylic acids is 1. The minimum absolute atomic E-state index is 0.292. The molecule has 3 aromatic rings. The number of rotatable bonds is 4. The van der Waals surface area contributed by atoms with E-state index in [1.807, 2.05) is 54.6 Å². The van der Waals surface area contributed by atoms with Crippen LogP contribution in [0.2, 0.25) is 0 Å². The van der Waals surface area contributed by atoms with Gasteiger partial charge < -0.3 is 10.6 Å². The third-order valence-electron chi connectivity index (χ3n) is 3.03. The van der Waals surface area contributed by atoms with Gasteiger partial charge in [0.1, 0.15) is 0 Å². The molecule has 2 N–H and O–H groups in total. The Bertz CT molecular complexity index is 779. The molecule has 0 aliphatic carbocycles. The second-order valence-electron chi connectivity index (χ2n) is 4.73. The summed E-state index contributed by atoms with van der Waals surface area (Å²) in [6.07, 6.45) is 3.26. The second kappa shape index (κ2) is 7.47. The van der Waals surface area contributed by atoms with Crippen molar-refractivity contribution in [3.05, 3.63) is 79.1 Å². The number of benzene rings is 2. The number of amides is 2. The molecule has 0 radical (unpaired) electrons. The van der Waals surface area contributed by atoms with Crippen molar-refractivity contribution in [2.75, 3.05) is 10.6 Å². The van der Waals surface area contributed by atoms with Crippen molar-refractivity contribution in [3.63, 3.8) is 0 Å². The SMILES string of the molecule is O=C(Nc1cccnc1)Nc1ccccc1Sc1ccccc1. The molecule has 0 saturated heterocycles. The fourth-order valence-electron chi connectivity index (χ4n) is 2.00. The zero-order valence-corrected chi connectivity index (χ0v) is 13.1. The van der Waals surface area contributed by atoms with E-state index in [-0.39, 0.29) is 6.03 Å². The summed E-state index contributed by atoms with van der Waals surface area (Å²) in [6, 6.07) is 21.0. The maximum atomic E-state index is 12.1. The highest BCUT2D eigenvalue weighted by molar-refractivity contribution is 7.99. The molecule has 0 atom stereocenters. The lowest BCUT2D eigenvalue weighted by atomic mass is 10.3. The summed E-state index contributed by atoms with van der Waals surface area (Å²) < 4.78 is 0. The van der Waals surface area contributed by atoms with Gasteiger partial charge in [0.15, 0.2) is 0 Å². The molecular weight excluding hydrogens is 306 g/mol. The lowest BCUT2D eigenvalue weighted by Crippen LogP contribution is -2.19. The molecule has 2 aromatic carbocycles. The lowest BCUT2D eigenvalue weighted by molar-refractivity contribution is 0.262. The van der Waals surface area contributed by atoms with Crippen molar-refractivity contribution < 1.29 is 4.79 Å². The largest absolute Gasteiger partial charge is 0.323 e. The Kier molecular flexibility index (Phi) is 4.91. The van der Waals surface area contributed by atoms with E-state index in [0.29, 0.717) is 5.69 Å². The van der Waals surface area contributed by atoms with Crippen LogP contribution >= 0.6 is 11.8 Å². The molecule has 0 unspecified atom stereocenters. The van der Waals surface area contributed by atoms with Crippen molar-refractivity contribution >= 4 is 29.2 Å². The maximum Gasteiger partial charge on any atom is 0.323 e. The number of nitrogens with one attached hydrogen (secondary N) is 2. The van der Waals surface area contributed by atoms with Gasteiger partial charge >= 0.3 is 6.03 Å². The summed E-state index contributed by atoms with van der Waals surface area (Å²) in [6.45, 7) is 0. The smallest absolute Gasteiger partial charge is 0.307 e. The van der Waals surface area contributed by atoms with Gasteiger partial charge in [-0.3, -0.25) is 4.98 Å². The lowest BCUT2D eigenvalue weighted by Gasteiger charge is -2.11. The monoisotopic (exact) mass is 321 g/mol. The van der Waals surface area contributed by atoms with Gasteiger partial charge in [-0.1, -0.05) is 42.1 Å². The molecule has 3 rings (SSSR count). The molecule has 1 aromatic heterocycles. The number of hydrogen-bond acceptors (Lipinski definition) is 3. The highest BCUT2D eigenvalue weighted by atomic mass is 32.2. The first kappa shape index (κ1) is 15.1. The first-order valence-electron chi connectivity index (χ1n) is 7.11. The average Bonchev–Trinajstić information content (AvgIpc) is 2.58. The first-order chi connectivity index (χ1) is 11.3. The molecule has 4 nitrogen and oxygen atoms in total. The number of para-hydroxylation sites is 1. The van der Waals surface area contributed by atoms with Gasteiger partial charge in [0.25, 0.3) is 0 Å². The molecule has 0 saturated carbocycles. The molecule has 0 spiro atoms. The third-order valence-corrected chi connectivity index (χ3v) is 4.11. The van der Waals surface area contributed by atoms with E-state index < -0.39 is 0 Å². The Morgan fingerprint density at radius 1 is 0.870 bits per heavy atom. The fraction of sp³-hybridized carbons (Fsp3) is 0. The van der Waals surface area contributed by atoms with E-state index >= 15 is 0 Å². The quantitative estimate of drug-likeness (QED) is 0.720. The van der Waals surface area contributed by atoms with E-state index in [9.17, 15) is 4.79 Å². The molecule has 0 fully saturated rings. The normalized spacial score (nSPS) is 10.1. The zero-order valence-electron chi connectivity index (χ0n) is 12.3. The van der Waals surface area contributed by atoms with E-state index in [1.165, 1.54) is 0 Å². The number of pyridine rings is 1. The maximum absolute atomic E-state index is 12.1. The van der Waals surface area contributed by atoms with Crippen LogP contribution in [0.25, 0.3) is 0 Å². The van der Waals surface area contributed by atoms with Crippen LogP contribution in [0.5, 0.6) is 0 Å². The standard InChI is InChI=1S/C18H15N3OS/c22-18(20-14-7-6-12-19-13-14)21-16-10-4-5-11-17(16)23-15-8-2-1-3-9-15/h1-13H,(H2,20,21,22). The van der Waals surface area contributed by atoms with Crippen LogP contribution in [0.3, 0.4) is 0 Å². The minimum Gasteiger partial charge on any atom is -0.307 e. The fourth-order valence-corrected chi connectivity index (χ4v) is 2.92. The molecule has 5 heteroatoms. The van der Waals surface area contributed by atoms with Crippen molar-refractivity contribution in [2.45, 2.75) is 9.79 Å². The van der Waals surface area contributed by atoms with Crippen molar-refractivity contribution in [1.29, 1.82) is 0 Å². The molecule has 2 amide bonds. The van der Waals surface area contributed by atoms with Gasteiger partial charge in [0, 0.05) is 16.0 Å². The minimum atomic E-state index is -0.292. The summed E-state index contributed by atoms with van der Waals surface area (Å²) >= 11 is 1.61. The van der Waals surface area contributed by atoms with Crippen LogP contribution < -0.4 is 10.6 Å². The van der Waals surface area contributed by atoms with E-state index in [2.05, 4.69) is 15.6 Å². The zero-order chi connectivity index (χ0) is 15.9. The predicted octanol–water partition coefficient (Wildman–Crippen LogP) is 4.88. The summed E-state index contributed by atoms with van der Waals surface area (Å²) in [5, 5.41) is 5.64. The number of urea groups is 1. The Labute approximate surface area is 139 Å². The third kappa shape index (κ3) is 4.34. The Morgan fingerprint density at radius 2 is 1.65 bits per heavy atom. The molecule has 114 valence electrons. The highest BCUT2D eigenvalue weighted by Gasteiger charge is 2.08. The van der Waals surface area contributed by atoms with Crippen LogP contribution in [0.1, 0.15) is 0 Å². The van der Waals surface area contributed by atoms with E-state index in [0.717, 1.165) is 15.5 Å². The number of hydrogen-bond donors (Lipinski definition) is 2. The van der Waals surface area contributed by atoms with Crippen molar-refractivity contribution in [1.82, 2.24) is 4.98 Å². The van der Waals surface area contributed by atoms with Crippen LogP contribution in [-0.4, -0.2) is 11.0 Å². The Balaban J connectivity index is 1.71. The van der Waals surface area contributed by atoms with Gasteiger partial charge in [0.2, 0.25) is 0 Å². The number of anilines is 2. The van der Waals surface area contributed by atoms with Crippen LogP contribution in [-0.2, 0) is 0 Å². The van der Waals surface area contributed by atoms with Gasteiger partial charge in [-0.15, -0.1) is 0 Å². The van der Waals surface area contributed by atoms with Gasteiger partial charge in [-0.05, 0) is 36.4 Å². The summed E-state index contributed by atoms with van der Waals surface area (Å²) in [5.41, 5.74) is 1.42. The molecule has 0 bridgehead atoms. The number of nitrogens with zero attached hydrogens (tertiary/aromatic N) is 1. The topological polar surface area (TPSA) is 54.0 Å². The van der Waals surface area contributed by atoms with Crippen LogP contribution in [0, 0.1) is 0 Å². The molecular formula is C18H15N3OS. The van der Waals surface area contributed by atoms with Gasteiger partial charge in [-0.2, -0.15) is 0 Å². The molecule has 0 aliphatic rings. The molecule has 23 heavy (non-hydrogen) atoms. The second-order valence-corrected chi connectivity index (χ2v) is 5.85. The average molecular weight is 321 g/mol. The number of aromatic nitrogens is 1. The number of carbonyl (C=O) groups is 1. The van der Waals surface area contributed by atoms with Crippen molar-refractivity contribution in [2.24, 2.45) is 0 Å². The van der Waals surface area contributed by atoms with E-state index in [4.69, 9.17) is 0 Å². The van der Waals surface area contributed by atoms with E-state index in [1.54, 1.807) is 36.3 Å². The van der Waals surface area contributed by atoms with Crippen molar-refractivity contribution in [3.8, 4) is 0 Å². The molecule has 0 aliphatic heterocycles. The summed E-state index contributed by atoms with van der Waals surface area (Å²) in [5.74, 6) is 0. The van der Waals surface area contributed by atoms with Crippen LogP contribution in [0.4, 0.5) is 16.2 Å². The first-order valence-corrected chi connectivity index (χ1v) is 7.93. The summed E-state index contributed by atoms with van der Waals surface area (Å²) in [4.78, 5) is 18.2. The highest BCUT2D eigenvalue weighted by Crippen LogP contribution is 2.33. The summed E-state index contributed by atoms with van der Waals surface area (Å²) in [7, 11) is 0. The predicted molar refractivity (Wildman–Crippen MR) is 93.9 cm³/mol. The molecule has 1 heterocycles. The van der Waals surface area contributed by atoms with Gasteiger partial charge in [0.05, 0.1) is 17.6 Å². The Morgan fingerprint density at radius 3 is 2.43 bits per heavy atom. The Hall–Kier alpha value is -2.79.